The van der Waals surface area contributed by atoms with Crippen LogP contribution in [0.1, 0.15) is 33.3 Å². The van der Waals surface area contributed by atoms with Crippen molar-refractivity contribution in [1.82, 2.24) is 4.40 Å². The summed E-state index contributed by atoms with van der Waals surface area (Å²) < 4.78 is 6.92. The number of hydrogen-bond acceptors (Lipinski definition) is 3. The molecule has 0 bridgehead atoms. The van der Waals surface area contributed by atoms with Crippen LogP contribution in [0.2, 0.25) is 0 Å². The maximum atomic E-state index is 13.1. The number of esters is 1. The number of benzene rings is 2. The smallest absolute Gasteiger partial charge is 0.355 e. The van der Waals surface area contributed by atoms with Gasteiger partial charge in [-0.2, -0.15) is 0 Å². The molecule has 4 heteroatoms. The van der Waals surface area contributed by atoms with E-state index in [1.165, 1.54) is 0 Å². The molecule has 0 atom stereocenters. The average molecular weight is 343 g/mol. The Morgan fingerprint density at radius 3 is 2.46 bits per heavy atom. The predicted octanol–water partition coefficient (Wildman–Crippen LogP) is 4.50. The molecule has 0 fully saturated rings. The third kappa shape index (κ3) is 2.56. The Hall–Kier alpha value is -3.40. The van der Waals surface area contributed by atoms with Gasteiger partial charge >= 0.3 is 5.97 Å². The lowest BCUT2D eigenvalue weighted by Crippen LogP contribution is -2.07. The summed E-state index contributed by atoms with van der Waals surface area (Å²) in [5.41, 5.74) is 2.16. The number of fused-ring (bicyclic) bond motifs is 3. The molecule has 0 N–H and O–H groups in total. The highest BCUT2D eigenvalue weighted by atomic mass is 16.5. The van der Waals surface area contributed by atoms with Crippen molar-refractivity contribution >= 4 is 28.0 Å². The molecule has 128 valence electrons. The zero-order chi connectivity index (χ0) is 18.1. The van der Waals surface area contributed by atoms with E-state index >= 15 is 0 Å². The Morgan fingerprint density at radius 2 is 1.69 bits per heavy atom. The normalized spacial score (nSPS) is 11.0. The van der Waals surface area contributed by atoms with Crippen molar-refractivity contribution in [2.75, 3.05) is 6.61 Å². The van der Waals surface area contributed by atoms with Gasteiger partial charge in [0, 0.05) is 22.7 Å². The van der Waals surface area contributed by atoms with E-state index in [0.29, 0.717) is 16.8 Å². The second-order valence-corrected chi connectivity index (χ2v) is 5.98. The largest absolute Gasteiger partial charge is 0.461 e. The number of pyridine rings is 1. The molecular formula is C22H17NO3. The fourth-order valence-corrected chi connectivity index (χ4v) is 3.25. The lowest BCUT2D eigenvalue weighted by molar-refractivity contribution is 0.0518. The second-order valence-electron chi connectivity index (χ2n) is 5.98. The third-order valence-electron chi connectivity index (χ3n) is 4.42. The van der Waals surface area contributed by atoms with E-state index in [2.05, 4.69) is 0 Å². The van der Waals surface area contributed by atoms with Crippen LogP contribution in [0.4, 0.5) is 0 Å². The highest BCUT2D eigenvalue weighted by Gasteiger charge is 2.22. The number of nitrogens with zero attached hydrogens (tertiary/aromatic N) is 1. The van der Waals surface area contributed by atoms with Gasteiger partial charge in [-0.05, 0) is 24.4 Å². The molecule has 26 heavy (non-hydrogen) atoms. The van der Waals surface area contributed by atoms with Crippen molar-refractivity contribution in [2.24, 2.45) is 0 Å². The lowest BCUT2D eigenvalue weighted by atomic mass is 10.0. The highest BCUT2D eigenvalue weighted by molar-refractivity contribution is 6.18. The van der Waals surface area contributed by atoms with Crippen molar-refractivity contribution in [2.45, 2.75) is 6.92 Å². The predicted molar refractivity (Wildman–Crippen MR) is 101 cm³/mol. The van der Waals surface area contributed by atoms with Crippen LogP contribution in [0.5, 0.6) is 0 Å². The first-order valence-electron chi connectivity index (χ1n) is 8.50. The third-order valence-corrected chi connectivity index (χ3v) is 4.42. The second kappa shape index (κ2) is 6.48. The Kier molecular flexibility index (Phi) is 4.01. The molecular weight excluding hydrogens is 326 g/mol. The number of ketones is 1. The Labute approximate surface area is 150 Å². The van der Waals surface area contributed by atoms with Gasteiger partial charge in [-0.3, -0.25) is 4.79 Å². The van der Waals surface area contributed by atoms with Crippen molar-refractivity contribution in [3.05, 3.63) is 89.7 Å². The number of aromatic nitrogens is 1. The van der Waals surface area contributed by atoms with E-state index in [0.717, 1.165) is 16.3 Å². The molecule has 0 aliphatic heterocycles. The van der Waals surface area contributed by atoms with Crippen LogP contribution in [0.3, 0.4) is 0 Å². The SMILES string of the molecule is CCOC(=O)c1cc(C(=O)c2ccccc2)c2c3ccccc3ccn12. The summed E-state index contributed by atoms with van der Waals surface area (Å²) in [4.78, 5) is 25.5. The van der Waals surface area contributed by atoms with E-state index in [1.54, 1.807) is 29.5 Å². The molecule has 0 radical (unpaired) electrons. The summed E-state index contributed by atoms with van der Waals surface area (Å²) in [6.45, 7) is 2.04. The molecule has 0 unspecified atom stereocenters. The summed E-state index contributed by atoms with van der Waals surface area (Å²) >= 11 is 0. The maximum Gasteiger partial charge on any atom is 0.355 e. The van der Waals surface area contributed by atoms with Crippen LogP contribution in [0.25, 0.3) is 16.3 Å². The highest BCUT2D eigenvalue weighted by Crippen LogP contribution is 2.28. The number of carbonyl (C=O) groups excluding carboxylic acids is 2. The number of hydrogen-bond donors (Lipinski definition) is 0. The van der Waals surface area contributed by atoms with Gasteiger partial charge in [0.1, 0.15) is 5.69 Å². The van der Waals surface area contributed by atoms with E-state index < -0.39 is 5.97 Å². The quantitative estimate of drug-likeness (QED) is 0.405. The Morgan fingerprint density at radius 1 is 0.962 bits per heavy atom. The summed E-state index contributed by atoms with van der Waals surface area (Å²) in [7, 11) is 0. The van der Waals surface area contributed by atoms with Crippen LogP contribution in [-0.2, 0) is 4.74 Å². The topological polar surface area (TPSA) is 47.8 Å². The van der Waals surface area contributed by atoms with Gasteiger partial charge in [0.2, 0.25) is 0 Å². The molecule has 0 amide bonds. The van der Waals surface area contributed by atoms with Gasteiger partial charge in [-0.1, -0.05) is 54.6 Å². The van der Waals surface area contributed by atoms with E-state index in [9.17, 15) is 9.59 Å². The lowest BCUT2D eigenvalue weighted by Gasteiger charge is -2.06. The van der Waals surface area contributed by atoms with Crippen molar-refractivity contribution in [1.29, 1.82) is 0 Å². The minimum absolute atomic E-state index is 0.116. The van der Waals surface area contributed by atoms with E-state index in [4.69, 9.17) is 4.74 Å². The van der Waals surface area contributed by atoms with E-state index in [1.807, 2.05) is 54.7 Å². The first kappa shape index (κ1) is 16.1. The van der Waals surface area contributed by atoms with Gasteiger partial charge in [-0.15, -0.1) is 0 Å². The van der Waals surface area contributed by atoms with E-state index in [-0.39, 0.29) is 12.4 Å². The minimum atomic E-state index is -0.440. The zero-order valence-corrected chi connectivity index (χ0v) is 14.3. The van der Waals surface area contributed by atoms with Gasteiger partial charge in [0.25, 0.3) is 0 Å². The number of rotatable bonds is 4. The number of carbonyl (C=O) groups is 2. The molecule has 4 rings (SSSR count). The Balaban J connectivity index is 2.03. The van der Waals surface area contributed by atoms with Crippen molar-refractivity contribution < 1.29 is 14.3 Å². The fraction of sp³-hybridized carbons (Fsp3) is 0.0909. The first-order chi connectivity index (χ1) is 12.7. The summed E-state index contributed by atoms with van der Waals surface area (Å²) in [6, 6.07) is 20.5. The fourth-order valence-electron chi connectivity index (χ4n) is 3.25. The van der Waals surface area contributed by atoms with Gasteiger partial charge < -0.3 is 9.14 Å². The van der Waals surface area contributed by atoms with Crippen LogP contribution < -0.4 is 0 Å². The zero-order valence-electron chi connectivity index (χ0n) is 14.3. The molecule has 2 aromatic heterocycles. The Bertz CT molecular complexity index is 1130. The molecule has 0 saturated heterocycles. The van der Waals surface area contributed by atoms with Crippen LogP contribution >= 0.6 is 0 Å². The molecule has 2 heterocycles. The molecule has 2 aromatic carbocycles. The molecule has 0 spiro atoms. The van der Waals surface area contributed by atoms with Crippen LogP contribution in [-0.4, -0.2) is 22.8 Å². The molecule has 0 aliphatic rings. The minimum Gasteiger partial charge on any atom is -0.461 e. The molecule has 4 aromatic rings. The molecule has 4 nitrogen and oxygen atoms in total. The summed E-state index contributed by atoms with van der Waals surface area (Å²) in [6.07, 6.45) is 1.81. The summed E-state index contributed by atoms with van der Waals surface area (Å²) in [5, 5.41) is 1.93. The van der Waals surface area contributed by atoms with Crippen molar-refractivity contribution in [3.63, 3.8) is 0 Å². The van der Waals surface area contributed by atoms with Gasteiger partial charge in [0.05, 0.1) is 12.1 Å². The van der Waals surface area contributed by atoms with Crippen LogP contribution in [0.15, 0.2) is 72.9 Å². The maximum absolute atomic E-state index is 13.1. The monoisotopic (exact) mass is 343 g/mol. The average Bonchev–Trinajstić information content (AvgIpc) is 3.08. The summed E-state index contributed by atoms with van der Waals surface area (Å²) in [5.74, 6) is -0.556. The molecule has 0 saturated carbocycles. The van der Waals surface area contributed by atoms with Gasteiger partial charge in [0.15, 0.2) is 5.78 Å². The standard InChI is InChI=1S/C22H17NO3/c1-2-26-22(25)19-14-18(21(24)16-9-4-3-5-10-16)20-17-11-7-6-8-15(17)12-13-23(19)20/h3-14H,2H2,1H3. The number of ether oxygens (including phenoxy) is 1. The molecule has 0 aliphatic carbocycles. The van der Waals surface area contributed by atoms with Crippen LogP contribution in [0, 0.1) is 0 Å². The first-order valence-corrected chi connectivity index (χ1v) is 8.50. The van der Waals surface area contributed by atoms with Crippen molar-refractivity contribution in [3.8, 4) is 0 Å². The van der Waals surface area contributed by atoms with Gasteiger partial charge in [-0.25, -0.2) is 4.79 Å².